The van der Waals surface area contributed by atoms with Crippen molar-refractivity contribution in [2.24, 2.45) is 0 Å². The Morgan fingerprint density at radius 2 is 1.80 bits per heavy atom. The van der Waals surface area contributed by atoms with E-state index in [2.05, 4.69) is 16.0 Å². The molecule has 0 spiro atoms. The first kappa shape index (κ1) is 22.5. The van der Waals surface area contributed by atoms with Crippen LogP contribution < -0.4 is 16.0 Å². The van der Waals surface area contributed by atoms with Crippen LogP contribution in [0.15, 0.2) is 0 Å². The summed E-state index contributed by atoms with van der Waals surface area (Å²) >= 11 is 5.17. The van der Waals surface area contributed by atoms with Gasteiger partial charge < -0.3 is 41.5 Å². The van der Waals surface area contributed by atoms with Crippen molar-refractivity contribution in [1.29, 1.82) is 0 Å². The van der Waals surface area contributed by atoms with E-state index >= 15 is 0 Å². The van der Waals surface area contributed by atoms with Crippen LogP contribution >= 0.6 is 12.2 Å². The third kappa shape index (κ3) is 7.30. The first-order chi connectivity index (χ1) is 11.8. The highest BCUT2D eigenvalue weighted by Gasteiger charge is 2.36. The molecule has 9 heteroatoms. The van der Waals surface area contributed by atoms with Gasteiger partial charge in [-0.3, -0.25) is 0 Å². The number of aliphatic hydroxyl groups is 5. The summed E-state index contributed by atoms with van der Waals surface area (Å²) in [5.74, 6) is 0. The van der Waals surface area contributed by atoms with Crippen molar-refractivity contribution in [3.05, 3.63) is 0 Å². The standard InChI is InChI=1S/C16H33N3O5S/c1-3-9(20)7-13(22)11(19-16(25)17-4-2)8-18-10-5-6-12(21)15(24)14(10)23/h9-15,18,20-24H,3-8H2,1-2H3,(H2,17,19,25). The van der Waals surface area contributed by atoms with Gasteiger partial charge >= 0.3 is 0 Å². The SMILES string of the molecule is CCNC(=S)NC(CNC1CCC(O)C(O)C1O)C(O)CC(O)CC. The molecule has 0 bridgehead atoms. The van der Waals surface area contributed by atoms with Gasteiger partial charge in [-0.25, -0.2) is 0 Å². The van der Waals surface area contributed by atoms with Crippen LogP contribution in [0.2, 0.25) is 0 Å². The zero-order chi connectivity index (χ0) is 19.0. The molecule has 1 rings (SSSR count). The van der Waals surface area contributed by atoms with E-state index in [4.69, 9.17) is 12.2 Å². The van der Waals surface area contributed by atoms with Crippen LogP contribution in [0.5, 0.6) is 0 Å². The zero-order valence-corrected chi connectivity index (χ0v) is 15.7. The second-order valence-electron chi connectivity index (χ2n) is 6.62. The van der Waals surface area contributed by atoms with E-state index in [0.29, 0.717) is 30.9 Å². The van der Waals surface area contributed by atoms with Crippen LogP contribution in [0, 0.1) is 0 Å². The molecule has 0 aromatic rings. The van der Waals surface area contributed by atoms with Crippen molar-refractivity contribution in [3.8, 4) is 0 Å². The van der Waals surface area contributed by atoms with E-state index in [1.165, 1.54) is 0 Å². The second kappa shape index (κ2) is 11.2. The molecule has 0 aromatic heterocycles. The third-order valence-electron chi connectivity index (χ3n) is 4.63. The van der Waals surface area contributed by atoms with Crippen LogP contribution in [0.3, 0.4) is 0 Å². The minimum absolute atomic E-state index is 0.207. The fraction of sp³-hybridized carbons (Fsp3) is 0.938. The Morgan fingerprint density at radius 3 is 2.40 bits per heavy atom. The lowest BCUT2D eigenvalue weighted by Gasteiger charge is -2.37. The molecule has 148 valence electrons. The second-order valence-corrected chi connectivity index (χ2v) is 7.02. The first-order valence-electron chi connectivity index (χ1n) is 8.98. The Hall–Kier alpha value is -0.550. The molecular formula is C16H33N3O5S. The fourth-order valence-electron chi connectivity index (χ4n) is 2.93. The van der Waals surface area contributed by atoms with Crippen molar-refractivity contribution in [1.82, 2.24) is 16.0 Å². The molecule has 0 amide bonds. The number of aliphatic hydroxyl groups excluding tert-OH is 5. The first-order valence-corrected chi connectivity index (χ1v) is 9.38. The Bertz CT molecular complexity index is 404. The maximum absolute atomic E-state index is 10.4. The average Bonchev–Trinajstić information content (AvgIpc) is 2.57. The Kier molecular flexibility index (Phi) is 10.1. The molecule has 0 radical (unpaired) electrons. The van der Waals surface area contributed by atoms with E-state index < -0.39 is 42.6 Å². The lowest BCUT2D eigenvalue weighted by Crippen LogP contribution is -2.59. The predicted octanol–water partition coefficient (Wildman–Crippen LogP) is -1.80. The van der Waals surface area contributed by atoms with Crippen LogP contribution in [0.25, 0.3) is 0 Å². The minimum Gasteiger partial charge on any atom is -0.393 e. The predicted molar refractivity (Wildman–Crippen MR) is 99.2 cm³/mol. The Balaban J connectivity index is 2.64. The molecule has 7 unspecified atom stereocenters. The maximum Gasteiger partial charge on any atom is 0.166 e. The summed E-state index contributed by atoms with van der Waals surface area (Å²) in [5.41, 5.74) is 0. The molecule has 1 fully saturated rings. The summed E-state index contributed by atoms with van der Waals surface area (Å²) in [4.78, 5) is 0. The van der Waals surface area contributed by atoms with Gasteiger partial charge in [0.2, 0.25) is 0 Å². The Labute approximate surface area is 154 Å². The normalized spacial score (nSPS) is 30.4. The summed E-state index contributed by atoms with van der Waals surface area (Å²) in [6.07, 6.45) is -2.98. The monoisotopic (exact) mass is 379 g/mol. The molecule has 8 nitrogen and oxygen atoms in total. The number of hydrogen-bond acceptors (Lipinski definition) is 7. The van der Waals surface area contributed by atoms with Gasteiger partial charge in [0.05, 0.1) is 30.5 Å². The number of nitrogens with one attached hydrogen (secondary N) is 3. The van der Waals surface area contributed by atoms with Crippen molar-refractivity contribution in [2.45, 2.75) is 82.1 Å². The molecule has 8 N–H and O–H groups in total. The van der Waals surface area contributed by atoms with Gasteiger partial charge in [-0.05, 0) is 38.4 Å². The highest BCUT2D eigenvalue weighted by Crippen LogP contribution is 2.20. The number of hydrogen-bond donors (Lipinski definition) is 8. The zero-order valence-electron chi connectivity index (χ0n) is 14.9. The molecule has 1 aliphatic rings. The summed E-state index contributed by atoms with van der Waals surface area (Å²) in [6, 6.07) is -0.859. The summed E-state index contributed by atoms with van der Waals surface area (Å²) in [6.45, 7) is 4.68. The molecule has 25 heavy (non-hydrogen) atoms. The van der Waals surface area contributed by atoms with Crippen LogP contribution in [-0.2, 0) is 0 Å². The van der Waals surface area contributed by atoms with Crippen molar-refractivity contribution in [3.63, 3.8) is 0 Å². The van der Waals surface area contributed by atoms with Crippen LogP contribution in [-0.4, -0.2) is 86.3 Å². The Morgan fingerprint density at radius 1 is 1.12 bits per heavy atom. The van der Waals surface area contributed by atoms with E-state index in [9.17, 15) is 25.5 Å². The smallest absolute Gasteiger partial charge is 0.166 e. The van der Waals surface area contributed by atoms with Crippen molar-refractivity contribution in [2.75, 3.05) is 13.1 Å². The number of thiocarbonyl (C=S) groups is 1. The molecule has 0 heterocycles. The van der Waals surface area contributed by atoms with Gasteiger partial charge in [-0.2, -0.15) is 0 Å². The lowest BCUT2D eigenvalue weighted by atomic mass is 9.87. The summed E-state index contributed by atoms with van der Waals surface area (Å²) in [7, 11) is 0. The van der Waals surface area contributed by atoms with Gasteiger partial charge in [0, 0.05) is 25.6 Å². The summed E-state index contributed by atoms with van der Waals surface area (Å²) in [5, 5.41) is 59.2. The number of rotatable bonds is 9. The van der Waals surface area contributed by atoms with Gasteiger partial charge in [0.1, 0.15) is 6.10 Å². The van der Waals surface area contributed by atoms with Crippen molar-refractivity contribution < 1.29 is 25.5 Å². The highest BCUT2D eigenvalue weighted by molar-refractivity contribution is 7.80. The highest BCUT2D eigenvalue weighted by atomic mass is 32.1. The van der Waals surface area contributed by atoms with Gasteiger partial charge in [0.25, 0.3) is 0 Å². The molecule has 0 aliphatic heterocycles. The summed E-state index contributed by atoms with van der Waals surface area (Å²) < 4.78 is 0. The fourth-order valence-corrected chi connectivity index (χ4v) is 3.23. The van der Waals surface area contributed by atoms with E-state index in [1.807, 2.05) is 13.8 Å². The van der Waals surface area contributed by atoms with E-state index in [-0.39, 0.29) is 13.0 Å². The van der Waals surface area contributed by atoms with E-state index in [1.54, 1.807) is 0 Å². The van der Waals surface area contributed by atoms with Gasteiger partial charge in [0.15, 0.2) is 5.11 Å². The maximum atomic E-state index is 10.4. The van der Waals surface area contributed by atoms with Gasteiger partial charge in [-0.15, -0.1) is 0 Å². The largest absolute Gasteiger partial charge is 0.393 e. The molecule has 0 aromatic carbocycles. The lowest BCUT2D eigenvalue weighted by molar-refractivity contribution is -0.0986. The quantitative estimate of drug-likeness (QED) is 0.218. The molecule has 1 saturated carbocycles. The van der Waals surface area contributed by atoms with Crippen molar-refractivity contribution >= 4 is 17.3 Å². The average molecular weight is 380 g/mol. The molecule has 7 atom stereocenters. The molecule has 0 saturated heterocycles. The third-order valence-corrected chi connectivity index (χ3v) is 4.90. The van der Waals surface area contributed by atoms with Crippen LogP contribution in [0.4, 0.5) is 0 Å². The topological polar surface area (TPSA) is 137 Å². The van der Waals surface area contributed by atoms with E-state index in [0.717, 1.165) is 0 Å². The van der Waals surface area contributed by atoms with Gasteiger partial charge in [-0.1, -0.05) is 6.92 Å². The van der Waals surface area contributed by atoms with Crippen LogP contribution in [0.1, 0.15) is 39.5 Å². The minimum atomic E-state index is -1.19. The molecule has 1 aliphatic carbocycles. The molecular weight excluding hydrogens is 346 g/mol.